The number of rotatable bonds is 3. The van der Waals surface area contributed by atoms with Crippen LogP contribution in [0.1, 0.15) is 45.4 Å². The van der Waals surface area contributed by atoms with Crippen LogP contribution in [0.25, 0.3) is 0 Å². The summed E-state index contributed by atoms with van der Waals surface area (Å²) in [6.45, 7) is 2.29. The molecule has 2 fully saturated rings. The summed E-state index contributed by atoms with van der Waals surface area (Å²) in [6, 6.07) is 0. The van der Waals surface area contributed by atoms with E-state index in [1.807, 2.05) is 6.92 Å². The quantitative estimate of drug-likeness (QED) is 0.433. The van der Waals surface area contributed by atoms with Crippen molar-refractivity contribution < 1.29 is 43.8 Å². The van der Waals surface area contributed by atoms with E-state index in [0.717, 1.165) is 31.3 Å². The van der Waals surface area contributed by atoms with Crippen LogP contribution in [-0.2, 0) is 14.3 Å². The smallest absolute Gasteiger partial charge is 0.870 e. The summed E-state index contributed by atoms with van der Waals surface area (Å²) in [6.07, 6.45) is 9.47. The first-order valence-electron chi connectivity index (χ1n) is 6.40. The van der Waals surface area contributed by atoms with E-state index in [1.54, 1.807) is 6.08 Å². The van der Waals surface area contributed by atoms with Gasteiger partial charge in [-0.05, 0) is 45.4 Å². The zero-order valence-corrected chi connectivity index (χ0v) is 12.2. The van der Waals surface area contributed by atoms with Gasteiger partial charge >= 0.3 is 30.8 Å². The molecule has 0 aromatic heterocycles. The zero-order valence-electron chi connectivity index (χ0n) is 12.2. The van der Waals surface area contributed by atoms with Crippen molar-refractivity contribution in [3.05, 3.63) is 23.3 Å². The number of ether oxygens (including phenoxy) is 1. The van der Waals surface area contributed by atoms with Gasteiger partial charge in [0.1, 0.15) is 0 Å². The predicted molar refractivity (Wildman–Crippen MR) is 70.1 cm³/mol. The summed E-state index contributed by atoms with van der Waals surface area (Å²) in [7, 11) is 0. The van der Waals surface area contributed by atoms with E-state index in [4.69, 9.17) is 9.84 Å². The number of aliphatic carboxylic acids is 1. The first kappa shape index (κ1) is 21.3. The molecule has 0 heterocycles. The molecule has 0 amide bonds. The summed E-state index contributed by atoms with van der Waals surface area (Å²) in [5.74, 6) is -0.989. The first-order valence-corrected chi connectivity index (χ1v) is 6.40. The van der Waals surface area contributed by atoms with Crippen LogP contribution in [0.15, 0.2) is 23.3 Å². The minimum atomic E-state index is -0.806. The van der Waals surface area contributed by atoms with Crippen LogP contribution in [0.3, 0.4) is 0 Å². The number of esters is 1. The second-order valence-electron chi connectivity index (χ2n) is 4.40. The SMILES string of the molecule is CCOC(=O)C=C1CCC1.O=C(O)C=C1CCC1.[Li+].[OH-]. The van der Waals surface area contributed by atoms with Crippen molar-refractivity contribution >= 4 is 11.9 Å². The molecule has 2 N–H and O–H groups in total. The molecule has 0 spiro atoms. The Morgan fingerprint density at radius 1 is 1.10 bits per heavy atom. The van der Waals surface area contributed by atoms with Crippen molar-refractivity contribution in [2.24, 2.45) is 0 Å². The maximum absolute atomic E-state index is 10.7. The van der Waals surface area contributed by atoms with Gasteiger partial charge in [-0.2, -0.15) is 0 Å². The molecule has 108 valence electrons. The molecule has 20 heavy (non-hydrogen) atoms. The largest absolute Gasteiger partial charge is 1.00 e. The van der Waals surface area contributed by atoms with Crippen LogP contribution < -0.4 is 18.9 Å². The van der Waals surface area contributed by atoms with Crippen molar-refractivity contribution in [2.75, 3.05) is 6.61 Å². The van der Waals surface area contributed by atoms with Crippen molar-refractivity contribution in [1.29, 1.82) is 0 Å². The number of allylic oxidation sites excluding steroid dienone is 2. The van der Waals surface area contributed by atoms with E-state index in [9.17, 15) is 9.59 Å². The normalized spacial score (nSPS) is 14.8. The molecule has 2 aliphatic rings. The fraction of sp³-hybridized carbons (Fsp3) is 0.571. The molecule has 0 radical (unpaired) electrons. The Kier molecular flexibility index (Phi) is 12.5. The van der Waals surface area contributed by atoms with E-state index in [2.05, 4.69) is 0 Å². The first-order chi connectivity index (χ1) is 8.61. The Labute approximate surface area is 131 Å². The molecule has 0 aliphatic heterocycles. The molecule has 0 aromatic rings. The molecule has 0 aromatic carbocycles. The number of carboxylic acid groups (broad SMARTS) is 1. The van der Waals surface area contributed by atoms with Gasteiger partial charge < -0.3 is 15.3 Å². The maximum Gasteiger partial charge on any atom is 1.00 e. The van der Waals surface area contributed by atoms with Crippen molar-refractivity contribution in [3.63, 3.8) is 0 Å². The predicted octanol–water partition coefficient (Wildman–Crippen LogP) is -0.332. The summed E-state index contributed by atoms with van der Waals surface area (Å²) >= 11 is 0. The fourth-order valence-corrected chi connectivity index (χ4v) is 1.58. The standard InChI is InChI=1S/C8H12O2.C6H8O2.Li.H2O/c1-2-10-8(9)6-7-4-3-5-7;7-6(8)4-5-2-1-3-5;;/h6H,2-5H2,1H3;4H,1-3H2,(H,7,8);;1H2/q;;+1;/p-1. The van der Waals surface area contributed by atoms with Crippen LogP contribution in [0, 0.1) is 0 Å². The number of carbonyl (C=O) groups excluding carboxylic acids is 1. The van der Waals surface area contributed by atoms with E-state index in [-0.39, 0.29) is 30.3 Å². The molecular weight excluding hydrogens is 255 g/mol. The molecule has 0 bridgehead atoms. The summed E-state index contributed by atoms with van der Waals surface area (Å²) in [5.41, 5.74) is 2.32. The Morgan fingerprint density at radius 3 is 1.80 bits per heavy atom. The third-order valence-corrected chi connectivity index (χ3v) is 2.93. The molecule has 2 saturated carbocycles. The third-order valence-electron chi connectivity index (χ3n) is 2.93. The third kappa shape index (κ3) is 8.97. The molecule has 2 rings (SSSR count). The van der Waals surface area contributed by atoms with Crippen LogP contribution in [0.5, 0.6) is 0 Å². The van der Waals surface area contributed by atoms with Gasteiger partial charge in [-0.15, -0.1) is 0 Å². The Bertz CT molecular complexity index is 362. The molecular formula is C14H21LiO5. The van der Waals surface area contributed by atoms with Gasteiger partial charge in [-0.25, -0.2) is 9.59 Å². The van der Waals surface area contributed by atoms with E-state index < -0.39 is 5.97 Å². The Balaban J connectivity index is 0. The maximum atomic E-state index is 10.7. The van der Waals surface area contributed by atoms with Crippen molar-refractivity contribution in [1.82, 2.24) is 0 Å². The van der Waals surface area contributed by atoms with Gasteiger partial charge in [0.2, 0.25) is 0 Å². The van der Waals surface area contributed by atoms with E-state index in [0.29, 0.717) is 6.61 Å². The summed E-state index contributed by atoms with van der Waals surface area (Å²) in [5, 5.41) is 8.17. The van der Waals surface area contributed by atoms with Gasteiger partial charge in [0, 0.05) is 12.2 Å². The minimum Gasteiger partial charge on any atom is -0.870 e. The molecule has 2 aliphatic carbocycles. The summed E-state index contributed by atoms with van der Waals surface area (Å²) < 4.78 is 4.73. The fourth-order valence-electron chi connectivity index (χ4n) is 1.58. The monoisotopic (exact) mass is 276 g/mol. The average molecular weight is 276 g/mol. The second kappa shape index (κ2) is 11.8. The molecule has 0 saturated heterocycles. The Hall–Kier alpha value is -1.02. The van der Waals surface area contributed by atoms with Gasteiger partial charge in [0.05, 0.1) is 6.61 Å². The van der Waals surface area contributed by atoms with Crippen molar-refractivity contribution in [3.8, 4) is 0 Å². The van der Waals surface area contributed by atoms with Crippen LogP contribution in [0.4, 0.5) is 0 Å². The summed E-state index contributed by atoms with van der Waals surface area (Å²) in [4.78, 5) is 20.7. The number of hydrogen-bond acceptors (Lipinski definition) is 4. The van der Waals surface area contributed by atoms with Crippen LogP contribution in [0.2, 0.25) is 0 Å². The number of hydrogen-bond donors (Lipinski definition) is 1. The van der Waals surface area contributed by atoms with Gasteiger partial charge in [-0.1, -0.05) is 11.1 Å². The average Bonchev–Trinajstić information content (AvgIpc) is 2.19. The van der Waals surface area contributed by atoms with Gasteiger partial charge in [0.25, 0.3) is 0 Å². The van der Waals surface area contributed by atoms with E-state index >= 15 is 0 Å². The van der Waals surface area contributed by atoms with Crippen molar-refractivity contribution in [2.45, 2.75) is 45.4 Å². The molecule has 0 unspecified atom stereocenters. The molecule has 6 heteroatoms. The number of carboxylic acids is 1. The van der Waals surface area contributed by atoms with E-state index in [1.165, 1.54) is 24.5 Å². The Morgan fingerprint density at radius 2 is 1.55 bits per heavy atom. The van der Waals surface area contributed by atoms with Gasteiger partial charge in [0.15, 0.2) is 0 Å². The van der Waals surface area contributed by atoms with Crippen LogP contribution >= 0.6 is 0 Å². The van der Waals surface area contributed by atoms with Crippen LogP contribution in [-0.4, -0.2) is 29.1 Å². The molecule has 5 nitrogen and oxygen atoms in total. The second-order valence-corrected chi connectivity index (χ2v) is 4.40. The zero-order chi connectivity index (χ0) is 13.4. The number of carbonyl (C=O) groups is 2. The molecule has 0 atom stereocenters. The topological polar surface area (TPSA) is 93.6 Å². The minimum absolute atomic E-state index is 0. The van der Waals surface area contributed by atoms with Gasteiger partial charge in [-0.3, -0.25) is 0 Å².